The van der Waals surface area contributed by atoms with Crippen LogP contribution in [0.5, 0.6) is 0 Å². The summed E-state index contributed by atoms with van der Waals surface area (Å²) in [6.45, 7) is 3.77. The van der Waals surface area contributed by atoms with Crippen molar-refractivity contribution in [2.24, 2.45) is 0 Å². The highest BCUT2D eigenvalue weighted by Gasteiger charge is 2.16. The van der Waals surface area contributed by atoms with Gasteiger partial charge in [-0.25, -0.2) is 8.78 Å². The van der Waals surface area contributed by atoms with Crippen LogP contribution in [0.4, 0.5) is 8.78 Å². The number of hydrogen-bond donors (Lipinski definition) is 2. The number of benzene rings is 1. The Kier molecular flexibility index (Phi) is 5.99. The van der Waals surface area contributed by atoms with Gasteiger partial charge in [-0.1, -0.05) is 6.07 Å². The fraction of sp³-hybridized carbons (Fsp3) is 0.533. The summed E-state index contributed by atoms with van der Waals surface area (Å²) in [5.74, 6) is -1.44. The Bertz CT molecular complexity index is 493. The largest absolute Gasteiger partial charge is 0.349 e. The number of hydrogen-bond acceptors (Lipinski definition) is 3. The molecule has 0 aliphatic carbocycles. The van der Waals surface area contributed by atoms with Gasteiger partial charge in [0.1, 0.15) is 0 Å². The SMILES string of the molecule is CC(NC(=O)CSC1CCNCC1)c1ccc(F)c(F)c1. The standard InChI is InChI=1S/C15H20F2N2OS/c1-10(11-2-3-13(16)14(17)8-11)19-15(20)9-21-12-4-6-18-7-5-12/h2-3,8,10,12,18H,4-7,9H2,1H3,(H,19,20). The number of carbonyl (C=O) groups excluding carboxylic acids is 1. The van der Waals surface area contributed by atoms with E-state index in [1.165, 1.54) is 6.07 Å². The highest BCUT2D eigenvalue weighted by molar-refractivity contribution is 8.00. The first kappa shape index (κ1) is 16.2. The third kappa shape index (κ3) is 4.97. The maximum absolute atomic E-state index is 13.2. The minimum atomic E-state index is -0.891. The number of piperidine rings is 1. The second kappa shape index (κ2) is 7.75. The van der Waals surface area contributed by atoms with Gasteiger partial charge in [0.05, 0.1) is 11.8 Å². The van der Waals surface area contributed by atoms with Crippen LogP contribution in [0.3, 0.4) is 0 Å². The summed E-state index contributed by atoms with van der Waals surface area (Å²) in [6.07, 6.45) is 2.16. The molecule has 2 N–H and O–H groups in total. The molecule has 0 radical (unpaired) electrons. The molecular weight excluding hydrogens is 294 g/mol. The lowest BCUT2D eigenvalue weighted by Crippen LogP contribution is -2.32. The first-order chi connectivity index (χ1) is 10.1. The van der Waals surface area contributed by atoms with Crippen LogP contribution in [-0.4, -0.2) is 30.0 Å². The van der Waals surface area contributed by atoms with Gasteiger partial charge in [-0.15, -0.1) is 11.8 Å². The van der Waals surface area contributed by atoms with Gasteiger partial charge in [-0.2, -0.15) is 0 Å². The van der Waals surface area contributed by atoms with Gasteiger partial charge in [-0.05, 0) is 50.6 Å². The van der Waals surface area contributed by atoms with Crippen molar-refractivity contribution in [2.45, 2.75) is 31.1 Å². The van der Waals surface area contributed by atoms with Crippen molar-refractivity contribution >= 4 is 17.7 Å². The zero-order chi connectivity index (χ0) is 15.2. The van der Waals surface area contributed by atoms with Crippen LogP contribution in [0, 0.1) is 11.6 Å². The van der Waals surface area contributed by atoms with Gasteiger partial charge in [0, 0.05) is 5.25 Å². The highest BCUT2D eigenvalue weighted by atomic mass is 32.2. The molecule has 1 aromatic rings. The van der Waals surface area contributed by atoms with Crippen molar-refractivity contribution in [3.63, 3.8) is 0 Å². The molecule has 1 aromatic carbocycles. The Morgan fingerprint density at radius 2 is 2.10 bits per heavy atom. The topological polar surface area (TPSA) is 41.1 Å². The van der Waals surface area contributed by atoms with Gasteiger partial charge in [0.15, 0.2) is 11.6 Å². The van der Waals surface area contributed by atoms with Gasteiger partial charge in [0.25, 0.3) is 0 Å². The fourth-order valence-electron chi connectivity index (χ4n) is 2.30. The molecule has 1 saturated heterocycles. The minimum absolute atomic E-state index is 0.0734. The zero-order valence-corrected chi connectivity index (χ0v) is 12.8. The number of amides is 1. The van der Waals surface area contributed by atoms with Crippen molar-refractivity contribution in [1.29, 1.82) is 0 Å². The quantitative estimate of drug-likeness (QED) is 0.878. The third-order valence-electron chi connectivity index (χ3n) is 3.56. The smallest absolute Gasteiger partial charge is 0.230 e. The molecule has 1 unspecified atom stereocenters. The molecule has 0 bridgehead atoms. The molecule has 3 nitrogen and oxygen atoms in total. The van der Waals surface area contributed by atoms with E-state index in [-0.39, 0.29) is 11.9 Å². The Morgan fingerprint density at radius 3 is 2.76 bits per heavy atom. The normalized spacial score (nSPS) is 17.5. The van der Waals surface area contributed by atoms with Crippen molar-refractivity contribution in [3.05, 3.63) is 35.4 Å². The maximum atomic E-state index is 13.2. The van der Waals surface area contributed by atoms with E-state index in [4.69, 9.17) is 0 Å². The molecule has 0 saturated carbocycles. The number of rotatable bonds is 5. The van der Waals surface area contributed by atoms with Gasteiger partial charge >= 0.3 is 0 Å². The monoisotopic (exact) mass is 314 g/mol. The number of carbonyl (C=O) groups is 1. The molecule has 6 heteroatoms. The van der Waals surface area contributed by atoms with Crippen LogP contribution < -0.4 is 10.6 Å². The fourth-order valence-corrected chi connectivity index (χ4v) is 3.34. The van der Waals surface area contributed by atoms with E-state index >= 15 is 0 Å². The lowest BCUT2D eigenvalue weighted by Gasteiger charge is -2.22. The van der Waals surface area contributed by atoms with E-state index in [2.05, 4.69) is 10.6 Å². The molecule has 1 amide bonds. The number of nitrogens with one attached hydrogen (secondary N) is 2. The average molecular weight is 314 g/mol. The second-order valence-electron chi connectivity index (χ2n) is 5.22. The number of thioether (sulfide) groups is 1. The van der Waals surface area contributed by atoms with E-state index in [1.54, 1.807) is 18.7 Å². The molecule has 1 atom stereocenters. The molecular formula is C15H20F2N2OS. The van der Waals surface area contributed by atoms with Crippen LogP contribution >= 0.6 is 11.8 Å². The molecule has 1 aliphatic heterocycles. The molecule has 1 fully saturated rings. The van der Waals surface area contributed by atoms with Gasteiger partial charge < -0.3 is 10.6 Å². The molecule has 0 aromatic heterocycles. The molecule has 1 aliphatic rings. The summed E-state index contributed by atoms with van der Waals surface area (Å²) in [6, 6.07) is 3.36. The summed E-state index contributed by atoms with van der Waals surface area (Å²) in [5.41, 5.74) is 0.564. The third-order valence-corrected chi connectivity index (χ3v) is 4.93. The first-order valence-electron chi connectivity index (χ1n) is 7.13. The predicted molar refractivity (Wildman–Crippen MR) is 81.3 cm³/mol. The second-order valence-corrected chi connectivity index (χ2v) is 6.51. The Hall–Kier alpha value is -1.14. The van der Waals surface area contributed by atoms with Gasteiger partial charge in [-0.3, -0.25) is 4.79 Å². The van der Waals surface area contributed by atoms with Crippen LogP contribution in [0.25, 0.3) is 0 Å². The van der Waals surface area contributed by atoms with Crippen molar-refractivity contribution in [3.8, 4) is 0 Å². The van der Waals surface area contributed by atoms with Crippen LogP contribution in [0.2, 0.25) is 0 Å². The van der Waals surface area contributed by atoms with E-state index < -0.39 is 11.6 Å². The van der Waals surface area contributed by atoms with E-state index in [0.29, 0.717) is 16.6 Å². The average Bonchev–Trinajstić information content (AvgIpc) is 2.49. The zero-order valence-electron chi connectivity index (χ0n) is 12.0. The molecule has 0 spiro atoms. The first-order valence-corrected chi connectivity index (χ1v) is 8.18. The lowest BCUT2D eigenvalue weighted by molar-refractivity contribution is -0.119. The van der Waals surface area contributed by atoms with Crippen molar-refractivity contribution in [2.75, 3.05) is 18.8 Å². The Balaban J connectivity index is 1.79. The molecule has 2 rings (SSSR count). The van der Waals surface area contributed by atoms with Gasteiger partial charge in [0.2, 0.25) is 5.91 Å². The van der Waals surface area contributed by atoms with Crippen LogP contribution in [-0.2, 0) is 4.79 Å². The molecule has 1 heterocycles. The molecule has 116 valence electrons. The molecule has 21 heavy (non-hydrogen) atoms. The van der Waals surface area contributed by atoms with Crippen LogP contribution in [0.15, 0.2) is 18.2 Å². The van der Waals surface area contributed by atoms with E-state index in [0.717, 1.165) is 38.1 Å². The number of halogens is 2. The summed E-state index contributed by atoms with van der Waals surface area (Å²) in [7, 11) is 0. The van der Waals surface area contributed by atoms with Crippen molar-refractivity contribution < 1.29 is 13.6 Å². The summed E-state index contributed by atoms with van der Waals surface area (Å²) >= 11 is 1.66. The Morgan fingerprint density at radius 1 is 1.38 bits per heavy atom. The van der Waals surface area contributed by atoms with E-state index in [9.17, 15) is 13.6 Å². The minimum Gasteiger partial charge on any atom is -0.349 e. The Labute approximate surface area is 127 Å². The summed E-state index contributed by atoms with van der Waals surface area (Å²) in [4.78, 5) is 11.9. The predicted octanol–water partition coefficient (Wildman–Crippen LogP) is 2.63. The lowest BCUT2D eigenvalue weighted by atomic mass is 10.1. The van der Waals surface area contributed by atoms with Crippen LogP contribution in [0.1, 0.15) is 31.4 Å². The highest BCUT2D eigenvalue weighted by Crippen LogP contribution is 2.20. The van der Waals surface area contributed by atoms with E-state index in [1.807, 2.05) is 0 Å². The summed E-state index contributed by atoms with van der Waals surface area (Å²) in [5, 5.41) is 6.63. The maximum Gasteiger partial charge on any atom is 0.230 e. The summed E-state index contributed by atoms with van der Waals surface area (Å²) < 4.78 is 26.1. The van der Waals surface area contributed by atoms with Crippen molar-refractivity contribution in [1.82, 2.24) is 10.6 Å².